The number of benzene rings is 1. The molecule has 2 N–H and O–H groups in total. The molecule has 0 bridgehead atoms. The van der Waals surface area contributed by atoms with Crippen molar-refractivity contribution in [3.63, 3.8) is 0 Å². The lowest BCUT2D eigenvalue weighted by molar-refractivity contribution is 0.102. The molecule has 5 rings (SSSR count). The van der Waals surface area contributed by atoms with Crippen LogP contribution in [0.1, 0.15) is 34.6 Å². The van der Waals surface area contributed by atoms with E-state index in [9.17, 15) is 4.79 Å². The van der Waals surface area contributed by atoms with Gasteiger partial charge in [-0.3, -0.25) is 14.5 Å². The Balaban J connectivity index is 1.43. The Morgan fingerprint density at radius 3 is 2.67 bits per heavy atom. The van der Waals surface area contributed by atoms with Gasteiger partial charge in [0, 0.05) is 43.6 Å². The van der Waals surface area contributed by atoms with Gasteiger partial charge in [0.1, 0.15) is 5.52 Å². The van der Waals surface area contributed by atoms with Gasteiger partial charge in [-0.1, -0.05) is 0 Å². The van der Waals surface area contributed by atoms with E-state index in [0.717, 1.165) is 60.6 Å². The van der Waals surface area contributed by atoms with Crippen LogP contribution in [0.25, 0.3) is 16.6 Å². The summed E-state index contributed by atoms with van der Waals surface area (Å²) >= 11 is 0. The maximum Gasteiger partial charge on any atom is 0.259 e. The van der Waals surface area contributed by atoms with E-state index in [1.165, 1.54) is 0 Å². The zero-order valence-corrected chi connectivity index (χ0v) is 19.6. The molecule has 9 nitrogen and oxygen atoms in total. The Morgan fingerprint density at radius 1 is 1.12 bits per heavy atom. The van der Waals surface area contributed by atoms with Crippen molar-refractivity contribution in [1.29, 1.82) is 0 Å². The van der Waals surface area contributed by atoms with Gasteiger partial charge >= 0.3 is 0 Å². The van der Waals surface area contributed by atoms with Gasteiger partial charge < -0.3 is 19.9 Å². The van der Waals surface area contributed by atoms with Gasteiger partial charge in [-0.2, -0.15) is 5.10 Å². The van der Waals surface area contributed by atoms with E-state index < -0.39 is 0 Å². The number of imidazole rings is 1. The quantitative estimate of drug-likeness (QED) is 0.490. The van der Waals surface area contributed by atoms with Gasteiger partial charge in [0.05, 0.1) is 23.1 Å². The first-order valence-corrected chi connectivity index (χ1v) is 11.4. The molecule has 1 amide bonds. The third-order valence-corrected chi connectivity index (χ3v) is 6.43. The molecule has 0 saturated carbocycles. The number of amides is 1. The van der Waals surface area contributed by atoms with Gasteiger partial charge in [0.15, 0.2) is 11.5 Å². The van der Waals surface area contributed by atoms with Crippen molar-refractivity contribution in [2.24, 2.45) is 13.0 Å². The van der Waals surface area contributed by atoms with Crippen LogP contribution >= 0.6 is 0 Å². The molecule has 3 aromatic heterocycles. The first kappa shape index (κ1) is 21.4. The SMILES string of the molecule is CNCC1CCN(c2ccc(C(=O)Nc3cn4cc(C)nc(C)c4n3)c3nn(C)cc23)CC1. The fourth-order valence-electron chi connectivity index (χ4n) is 4.88. The van der Waals surface area contributed by atoms with Crippen LogP contribution in [-0.2, 0) is 7.05 Å². The first-order chi connectivity index (χ1) is 15.9. The molecule has 0 unspecified atom stereocenters. The number of carbonyl (C=O) groups is 1. The summed E-state index contributed by atoms with van der Waals surface area (Å²) in [6.07, 6.45) is 8.04. The summed E-state index contributed by atoms with van der Waals surface area (Å²) in [6, 6.07) is 3.94. The standard InChI is InChI=1S/C24H30N8O/c1-15-12-32-14-21(27-23(32)16(2)26-15)28-24(33)18-5-6-20(19-13-30(4)29-22(18)19)31-9-7-17(8-10-31)11-25-3/h5-6,12-14,17,25H,7-11H2,1-4H3,(H,28,33). The molecule has 0 atom stereocenters. The van der Waals surface area contributed by atoms with Crippen LogP contribution in [0.4, 0.5) is 11.5 Å². The minimum absolute atomic E-state index is 0.219. The average molecular weight is 447 g/mol. The van der Waals surface area contributed by atoms with Crippen molar-refractivity contribution < 1.29 is 4.79 Å². The summed E-state index contributed by atoms with van der Waals surface area (Å²) in [4.78, 5) is 24.6. The molecule has 172 valence electrons. The highest BCUT2D eigenvalue weighted by Crippen LogP contribution is 2.32. The number of hydrogen-bond acceptors (Lipinski definition) is 6. The largest absolute Gasteiger partial charge is 0.371 e. The normalized spacial score (nSPS) is 15.0. The molecule has 0 aliphatic carbocycles. The Kier molecular flexibility index (Phi) is 5.49. The Labute approximate surface area is 192 Å². The molecule has 1 saturated heterocycles. The monoisotopic (exact) mass is 446 g/mol. The van der Waals surface area contributed by atoms with E-state index in [0.29, 0.717) is 22.8 Å². The van der Waals surface area contributed by atoms with Gasteiger partial charge in [-0.15, -0.1) is 0 Å². The number of aryl methyl sites for hydroxylation is 3. The van der Waals surface area contributed by atoms with Crippen molar-refractivity contribution >= 4 is 34.0 Å². The van der Waals surface area contributed by atoms with Crippen LogP contribution in [0.15, 0.2) is 30.7 Å². The van der Waals surface area contributed by atoms with Crippen molar-refractivity contribution in [3.05, 3.63) is 47.7 Å². The summed E-state index contributed by atoms with van der Waals surface area (Å²) in [7, 11) is 3.91. The van der Waals surface area contributed by atoms with Crippen LogP contribution in [0.2, 0.25) is 0 Å². The number of carbonyl (C=O) groups excluding carboxylic acids is 1. The summed E-state index contributed by atoms with van der Waals surface area (Å²) in [6.45, 7) is 6.94. The second kappa shape index (κ2) is 8.47. The van der Waals surface area contributed by atoms with Crippen LogP contribution in [0.5, 0.6) is 0 Å². The van der Waals surface area contributed by atoms with Gasteiger partial charge in [-0.25, -0.2) is 4.98 Å². The molecule has 0 radical (unpaired) electrons. The number of nitrogens with one attached hydrogen (secondary N) is 2. The van der Waals surface area contributed by atoms with Gasteiger partial charge in [-0.05, 0) is 58.3 Å². The lowest BCUT2D eigenvalue weighted by Crippen LogP contribution is -2.36. The van der Waals surface area contributed by atoms with Crippen LogP contribution in [0.3, 0.4) is 0 Å². The molecule has 4 heterocycles. The van der Waals surface area contributed by atoms with E-state index in [-0.39, 0.29) is 5.91 Å². The number of hydrogen-bond donors (Lipinski definition) is 2. The number of fused-ring (bicyclic) bond motifs is 2. The van der Waals surface area contributed by atoms with E-state index in [2.05, 4.69) is 36.7 Å². The van der Waals surface area contributed by atoms with Gasteiger partial charge in [0.2, 0.25) is 0 Å². The van der Waals surface area contributed by atoms with E-state index in [1.54, 1.807) is 4.68 Å². The maximum absolute atomic E-state index is 13.2. The molecular formula is C24H30N8O. The highest BCUT2D eigenvalue weighted by Gasteiger charge is 2.23. The fraction of sp³-hybridized carbons (Fsp3) is 0.417. The molecule has 9 heteroatoms. The number of aromatic nitrogens is 5. The van der Waals surface area contributed by atoms with E-state index in [4.69, 9.17) is 0 Å². The molecule has 4 aromatic rings. The zero-order chi connectivity index (χ0) is 23.1. The van der Waals surface area contributed by atoms with Crippen LogP contribution < -0.4 is 15.5 Å². The molecule has 1 aliphatic heterocycles. The lowest BCUT2D eigenvalue weighted by atomic mass is 9.96. The van der Waals surface area contributed by atoms with Crippen molar-refractivity contribution in [1.82, 2.24) is 29.5 Å². The molecule has 1 fully saturated rings. The minimum atomic E-state index is -0.219. The Bertz CT molecular complexity index is 1330. The lowest BCUT2D eigenvalue weighted by Gasteiger charge is -2.34. The average Bonchev–Trinajstić information content (AvgIpc) is 3.36. The number of piperidine rings is 1. The van der Waals surface area contributed by atoms with Crippen LogP contribution in [-0.4, -0.2) is 56.7 Å². The molecule has 0 spiro atoms. The molecule has 1 aromatic carbocycles. The Morgan fingerprint density at radius 2 is 1.91 bits per heavy atom. The van der Waals surface area contributed by atoms with Gasteiger partial charge in [0.25, 0.3) is 5.91 Å². The molecule has 33 heavy (non-hydrogen) atoms. The highest BCUT2D eigenvalue weighted by molar-refractivity contribution is 6.13. The predicted octanol–water partition coefficient (Wildman–Crippen LogP) is 2.92. The first-order valence-electron chi connectivity index (χ1n) is 11.4. The van der Waals surface area contributed by atoms with Crippen LogP contribution in [0, 0.1) is 19.8 Å². The van der Waals surface area contributed by atoms with E-state index in [1.807, 2.05) is 57.0 Å². The minimum Gasteiger partial charge on any atom is -0.371 e. The second-order valence-corrected chi connectivity index (χ2v) is 8.96. The summed E-state index contributed by atoms with van der Waals surface area (Å²) in [5, 5.41) is 11.9. The molecular weight excluding hydrogens is 416 g/mol. The smallest absolute Gasteiger partial charge is 0.259 e. The Hall–Kier alpha value is -3.46. The molecule has 1 aliphatic rings. The summed E-state index contributed by atoms with van der Waals surface area (Å²) in [5.74, 6) is 0.993. The zero-order valence-electron chi connectivity index (χ0n) is 19.6. The second-order valence-electron chi connectivity index (χ2n) is 8.96. The topological polar surface area (TPSA) is 92.4 Å². The predicted molar refractivity (Wildman–Crippen MR) is 130 cm³/mol. The van der Waals surface area contributed by atoms with E-state index >= 15 is 0 Å². The number of nitrogens with zero attached hydrogens (tertiary/aromatic N) is 6. The number of anilines is 2. The third kappa shape index (κ3) is 4.04. The van der Waals surface area contributed by atoms with Crippen molar-refractivity contribution in [2.75, 3.05) is 36.9 Å². The third-order valence-electron chi connectivity index (χ3n) is 6.43. The van der Waals surface area contributed by atoms with Crippen molar-refractivity contribution in [3.8, 4) is 0 Å². The fourth-order valence-corrected chi connectivity index (χ4v) is 4.88. The summed E-state index contributed by atoms with van der Waals surface area (Å²) in [5.41, 5.74) is 4.85. The number of rotatable bonds is 5. The summed E-state index contributed by atoms with van der Waals surface area (Å²) < 4.78 is 3.67. The maximum atomic E-state index is 13.2. The van der Waals surface area contributed by atoms with Crippen molar-refractivity contribution in [2.45, 2.75) is 26.7 Å². The highest BCUT2D eigenvalue weighted by atomic mass is 16.1.